The third-order valence-electron chi connectivity index (χ3n) is 6.69. The molecule has 11 nitrogen and oxygen atoms in total. The van der Waals surface area contributed by atoms with Crippen molar-refractivity contribution < 1.29 is 42.9 Å². The predicted molar refractivity (Wildman–Crippen MR) is 188 cm³/mol. The second kappa shape index (κ2) is 24.8. The topological polar surface area (TPSA) is 126 Å². The summed E-state index contributed by atoms with van der Waals surface area (Å²) >= 11 is 3.33. The third-order valence-corrected chi connectivity index (χ3v) is 7.10. The van der Waals surface area contributed by atoms with E-state index in [1.807, 2.05) is 41.5 Å². The van der Waals surface area contributed by atoms with Crippen molar-refractivity contribution in [2.45, 2.75) is 131 Å². The van der Waals surface area contributed by atoms with Crippen LogP contribution in [0.15, 0.2) is 29.3 Å². The number of anilines is 2. The number of nitrogens with zero attached hydrogens (tertiary/aromatic N) is 6. The fourth-order valence-electron chi connectivity index (χ4n) is 4.29. The molecule has 0 spiro atoms. The molecule has 0 aliphatic carbocycles. The monoisotopic (exact) mass is 700 g/mol. The van der Waals surface area contributed by atoms with Gasteiger partial charge in [0.25, 0.3) is 0 Å². The average Bonchev–Trinajstić information content (AvgIpc) is 3.61. The van der Waals surface area contributed by atoms with Crippen molar-refractivity contribution in [1.82, 2.24) is 19.9 Å². The minimum Gasteiger partial charge on any atom is -0.423 e. The Kier molecular flexibility index (Phi) is 24.2. The van der Waals surface area contributed by atoms with Gasteiger partial charge in [0, 0.05) is 73.7 Å². The SMILES string of the molecule is CC(C)OB(OC(C)C)OC(C)C.C[C@H]1CCCN1c1ncc(B(O)O)cn1.C[C@H]1CCCN1c1ncc(Br)cn1.[CH2-]CCC.[Li+]. The normalized spacial score (nSPS) is 17.0. The van der Waals surface area contributed by atoms with Crippen LogP contribution in [-0.2, 0) is 14.0 Å². The van der Waals surface area contributed by atoms with E-state index >= 15 is 0 Å². The van der Waals surface area contributed by atoms with Gasteiger partial charge in [0.1, 0.15) is 0 Å². The van der Waals surface area contributed by atoms with Crippen LogP contribution in [0.1, 0.15) is 101 Å². The van der Waals surface area contributed by atoms with Crippen LogP contribution in [0.25, 0.3) is 0 Å². The van der Waals surface area contributed by atoms with E-state index in [4.69, 9.17) is 24.0 Å². The summed E-state index contributed by atoms with van der Waals surface area (Å²) in [5.41, 5.74) is 0.325. The van der Waals surface area contributed by atoms with E-state index in [1.165, 1.54) is 31.7 Å². The van der Waals surface area contributed by atoms with Crippen LogP contribution in [0.3, 0.4) is 0 Å². The van der Waals surface area contributed by atoms with Crippen LogP contribution in [0, 0.1) is 6.92 Å². The molecular weight excluding hydrogens is 645 g/mol. The van der Waals surface area contributed by atoms with Gasteiger partial charge in [0.05, 0.1) is 4.47 Å². The zero-order valence-corrected chi connectivity index (χ0v) is 31.5. The first-order chi connectivity index (χ1) is 21.3. The molecule has 2 aromatic rings. The van der Waals surface area contributed by atoms with Gasteiger partial charge in [-0.25, -0.2) is 19.9 Å². The van der Waals surface area contributed by atoms with Crippen molar-refractivity contribution in [3.05, 3.63) is 36.2 Å². The van der Waals surface area contributed by atoms with E-state index in [-0.39, 0.29) is 37.2 Å². The fourth-order valence-corrected chi connectivity index (χ4v) is 4.50. The van der Waals surface area contributed by atoms with Crippen LogP contribution < -0.4 is 34.1 Å². The Morgan fingerprint density at radius 1 is 0.804 bits per heavy atom. The van der Waals surface area contributed by atoms with Gasteiger partial charge in [-0.3, -0.25) is 0 Å². The summed E-state index contributed by atoms with van der Waals surface area (Å²) in [5.74, 6) is 1.53. The largest absolute Gasteiger partial charge is 1.00 e. The molecule has 2 saturated heterocycles. The molecule has 0 amide bonds. The van der Waals surface area contributed by atoms with Crippen LogP contribution >= 0.6 is 15.9 Å². The van der Waals surface area contributed by atoms with Crippen molar-refractivity contribution in [3.8, 4) is 0 Å². The van der Waals surface area contributed by atoms with Gasteiger partial charge in [-0.05, 0) is 97.0 Å². The number of unbranched alkanes of at least 4 members (excludes halogenated alkanes) is 1. The summed E-state index contributed by atoms with van der Waals surface area (Å²) in [6, 6.07) is 1.05. The molecule has 2 atom stereocenters. The minimum atomic E-state index is -1.49. The molecule has 2 aliphatic rings. The quantitative estimate of drug-likeness (QED) is 0.280. The van der Waals surface area contributed by atoms with Gasteiger partial charge in [0.15, 0.2) is 0 Å². The Hall–Kier alpha value is -1.23. The predicted octanol–water partition coefficient (Wildman–Crippen LogP) is 2.24. The molecule has 0 bridgehead atoms. The number of hydrogen-bond donors (Lipinski definition) is 2. The fraction of sp³-hybridized carbons (Fsp3) is 0.710. The van der Waals surface area contributed by atoms with Crippen LogP contribution in [0.4, 0.5) is 11.9 Å². The standard InChI is InChI=1S/C9H14BN3O2.C9H21BO3.C9H12BrN3.C4H9.Li/c1-7-3-2-4-13(7)9-11-5-8(6-12-9)10(14)15;1-7(2)11-10(12-8(3)4)13-9(5)6;1-7-3-2-4-13(7)9-11-5-8(10)6-12-9;1-3-4-2;/h5-7,14-15H,2-4H2,1H3;7-9H,1-6H3;5-7H,2-4H2,1H3;1,3-4H2,2H3;/q;;;-1;+1/t7-;;7-;;/m0.0../s1. The Morgan fingerprint density at radius 3 is 1.41 bits per heavy atom. The second-order valence-electron chi connectivity index (χ2n) is 12.0. The molecule has 0 aromatic carbocycles. The molecule has 0 radical (unpaired) electrons. The summed E-state index contributed by atoms with van der Waals surface area (Å²) in [7, 11) is -2.03. The van der Waals surface area contributed by atoms with Gasteiger partial charge in [-0.1, -0.05) is 13.3 Å². The minimum absolute atomic E-state index is 0. The smallest absolute Gasteiger partial charge is 0.423 e. The number of hydrogen-bond acceptors (Lipinski definition) is 11. The number of halogens is 1. The molecule has 15 heteroatoms. The summed E-state index contributed by atoms with van der Waals surface area (Å²) in [4.78, 5) is 21.2. The van der Waals surface area contributed by atoms with Crippen LogP contribution in [-0.4, -0.2) is 87.9 Å². The molecule has 254 valence electrons. The Bertz CT molecular complexity index is 1010. The second-order valence-corrected chi connectivity index (χ2v) is 12.9. The van der Waals surface area contributed by atoms with Crippen molar-refractivity contribution in [1.29, 1.82) is 0 Å². The Morgan fingerprint density at radius 2 is 1.15 bits per heavy atom. The summed E-state index contributed by atoms with van der Waals surface area (Å²) in [6.07, 6.45) is 14.0. The first-order valence-corrected chi connectivity index (χ1v) is 17.0. The van der Waals surface area contributed by atoms with Gasteiger partial charge in [-0.2, -0.15) is 6.42 Å². The molecular formula is C31H56B2BrLiN6O5. The molecule has 4 rings (SSSR count). The van der Waals surface area contributed by atoms with Crippen molar-refractivity contribution in [2.75, 3.05) is 22.9 Å². The zero-order valence-electron chi connectivity index (χ0n) is 29.9. The van der Waals surface area contributed by atoms with E-state index in [1.54, 1.807) is 12.4 Å². The maximum Gasteiger partial charge on any atom is 1.00 e. The third kappa shape index (κ3) is 18.3. The molecule has 46 heavy (non-hydrogen) atoms. The first kappa shape index (κ1) is 44.8. The molecule has 4 heterocycles. The van der Waals surface area contributed by atoms with Crippen molar-refractivity contribution in [2.24, 2.45) is 0 Å². The van der Waals surface area contributed by atoms with E-state index in [0.29, 0.717) is 23.5 Å². The van der Waals surface area contributed by atoms with E-state index in [2.05, 4.69) is 73.4 Å². The number of aromatic nitrogens is 4. The molecule has 0 saturated carbocycles. The average molecular weight is 701 g/mol. The maximum atomic E-state index is 8.89. The summed E-state index contributed by atoms with van der Waals surface area (Å²) < 4.78 is 17.2. The molecule has 2 aromatic heterocycles. The zero-order chi connectivity index (χ0) is 33.9. The van der Waals surface area contributed by atoms with Crippen molar-refractivity contribution in [3.63, 3.8) is 0 Å². The van der Waals surface area contributed by atoms with Crippen LogP contribution in [0.2, 0.25) is 0 Å². The molecule has 2 N–H and O–H groups in total. The Labute approximate surface area is 299 Å². The number of rotatable bonds is 10. The maximum absolute atomic E-state index is 8.89. The van der Waals surface area contributed by atoms with Gasteiger partial charge in [-0.15, -0.1) is 0 Å². The van der Waals surface area contributed by atoms with Crippen LogP contribution in [0.5, 0.6) is 0 Å². The van der Waals surface area contributed by atoms with E-state index < -0.39 is 14.4 Å². The van der Waals surface area contributed by atoms with Gasteiger partial charge in [0.2, 0.25) is 11.9 Å². The van der Waals surface area contributed by atoms with Gasteiger partial charge >= 0.3 is 33.3 Å². The van der Waals surface area contributed by atoms with E-state index in [0.717, 1.165) is 42.8 Å². The van der Waals surface area contributed by atoms with Crippen molar-refractivity contribution >= 4 is 47.7 Å². The summed E-state index contributed by atoms with van der Waals surface area (Å²) in [6.45, 7) is 23.9. The molecule has 2 fully saturated rings. The Balaban J connectivity index is 0.000000619. The first-order valence-electron chi connectivity index (χ1n) is 16.2. The van der Waals surface area contributed by atoms with Gasteiger partial charge < -0.3 is 40.7 Å². The van der Waals surface area contributed by atoms with E-state index in [9.17, 15) is 0 Å². The summed E-state index contributed by atoms with van der Waals surface area (Å²) in [5, 5.41) is 17.8. The molecule has 2 aliphatic heterocycles. The molecule has 0 unspecified atom stereocenters.